The molecule has 0 aliphatic heterocycles. The van der Waals surface area contributed by atoms with Crippen LogP contribution in [0.2, 0.25) is 5.02 Å². The largest absolute Gasteiger partial charge is 0.492 e. The molecule has 0 aromatic heterocycles. The number of halogens is 1. The molecule has 0 radical (unpaired) electrons. The first kappa shape index (κ1) is 17.2. The standard InChI is InChI=1S/C18H21ClN2O2/c1-13(2)16-8-3-4-9-17(16)21-18(22)20-10-11-23-15-7-5-6-14(19)12-15/h3-9,12-13H,10-11H2,1-2H3,(H2,20,21,22). The molecule has 2 N–H and O–H groups in total. The van der Waals surface area contributed by atoms with Crippen molar-refractivity contribution in [3.63, 3.8) is 0 Å². The van der Waals surface area contributed by atoms with Gasteiger partial charge in [-0.3, -0.25) is 0 Å². The number of amides is 2. The molecule has 5 heteroatoms. The van der Waals surface area contributed by atoms with Gasteiger partial charge in [-0.1, -0.05) is 49.7 Å². The maximum atomic E-state index is 12.0. The van der Waals surface area contributed by atoms with E-state index in [9.17, 15) is 4.79 Å². The molecule has 0 unspecified atom stereocenters. The Balaban J connectivity index is 1.77. The zero-order valence-corrected chi connectivity index (χ0v) is 14.1. The monoisotopic (exact) mass is 332 g/mol. The van der Waals surface area contributed by atoms with Crippen LogP contribution in [0.15, 0.2) is 48.5 Å². The number of nitrogens with one attached hydrogen (secondary N) is 2. The highest BCUT2D eigenvalue weighted by molar-refractivity contribution is 6.30. The third-order valence-corrected chi connectivity index (χ3v) is 3.52. The molecule has 122 valence electrons. The number of hydrogen-bond donors (Lipinski definition) is 2. The van der Waals surface area contributed by atoms with Crippen LogP contribution in [0.25, 0.3) is 0 Å². The average Bonchev–Trinajstić information content (AvgIpc) is 2.52. The van der Waals surface area contributed by atoms with Gasteiger partial charge in [0.25, 0.3) is 0 Å². The Hall–Kier alpha value is -2.20. The van der Waals surface area contributed by atoms with Crippen molar-refractivity contribution in [2.45, 2.75) is 19.8 Å². The van der Waals surface area contributed by atoms with Gasteiger partial charge in [-0.25, -0.2) is 4.79 Å². The van der Waals surface area contributed by atoms with E-state index in [0.717, 1.165) is 11.3 Å². The Morgan fingerprint density at radius 1 is 1.17 bits per heavy atom. The van der Waals surface area contributed by atoms with Crippen molar-refractivity contribution < 1.29 is 9.53 Å². The summed E-state index contributed by atoms with van der Waals surface area (Å²) in [5.74, 6) is 1.03. The summed E-state index contributed by atoms with van der Waals surface area (Å²) in [6.45, 7) is 4.97. The number of benzene rings is 2. The fourth-order valence-corrected chi connectivity index (χ4v) is 2.35. The molecule has 0 saturated heterocycles. The summed E-state index contributed by atoms with van der Waals surface area (Å²) in [5, 5.41) is 6.27. The third kappa shape index (κ3) is 5.49. The van der Waals surface area contributed by atoms with E-state index in [1.807, 2.05) is 36.4 Å². The van der Waals surface area contributed by atoms with Crippen LogP contribution in [0.3, 0.4) is 0 Å². The van der Waals surface area contributed by atoms with Gasteiger partial charge in [0.1, 0.15) is 12.4 Å². The predicted molar refractivity (Wildman–Crippen MR) is 94.5 cm³/mol. The van der Waals surface area contributed by atoms with Crippen molar-refractivity contribution in [1.29, 1.82) is 0 Å². The molecule has 0 bridgehead atoms. The van der Waals surface area contributed by atoms with Crippen molar-refractivity contribution in [1.82, 2.24) is 5.32 Å². The molecule has 2 amide bonds. The second-order valence-corrected chi connectivity index (χ2v) is 5.87. The molecule has 23 heavy (non-hydrogen) atoms. The number of carbonyl (C=O) groups is 1. The summed E-state index contributed by atoms with van der Waals surface area (Å²) in [5.41, 5.74) is 1.94. The van der Waals surface area contributed by atoms with Gasteiger partial charge in [-0.15, -0.1) is 0 Å². The SMILES string of the molecule is CC(C)c1ccccc1NC(=O)NCCOc1cccc(Cl)c1. The molecular formula is C18H21ClN2O2. The maximum absolute atomic E-state index is 12.0. The van der Waals surface area contributed by atoms with Crippen LogP contribution < -0.4 is 15.4 Å². The first-order valence-electron chi connectivity index (χ1n) is 7.58. The summed E-state index contributed by atoms with van der Waals surface area (Å²) >= 11 is 5.88. The van der Waals surface area contributed by atoms with Crippen molar-refractivity contribution in [3.05, 3.63) is 59.1 Å². The lowest BCUT2D eigenvalue weighted by Crippen LogP contribution is -2.32. The van der Waals surface area contributed by atoms with Gasteiger partial charge in [-0.2, -0.15) is 0 Å². The van der Waals surface area contributed by atoms with Crippen molar-refractivity contribution >= 4 is 23.3 Å². The van der Waals surface area contributed by atoms with Gasteiger partial charge in [0.2, 0.25) is 0 Å². The van der Waals surface area contributed by atoms with Gasteiger partial charge in [-0.05, 0) is 35.7 Å². The van der Waals surface area contributed by atoms with Gasteiger partial charge in [0, 0.05) is 10.7 Å². The number of hydrogen-bond acceptors (Lipinski definition) is 2. The molecule has 0 atom stereocenters. The molecule has 0 saturated carbocycles. The molecule has 0 spiro atoms. The molecule has 0 aliphatic rings. The predicted octanol–water partition coefficient (Wildman–Crippen LogP) is 4.66. The molecular weight excluding hydrogens is 312 g/mol. The number of para-hydroxylation sites is 1. The minimum Gasteiger partial charge on any atom is -0.492 e. The summed E-state index contributed by atoms with van der Waals surface area (Å²) in [7, 11) is 0. The van der Waals surface area contributed by atoms with Crippen molar-refractivity contribution in [2.75, 3.05) is 18.5 Å². The van der Waals surface area contributed by atoms with Crippen molar-refractivity contribution in [2.24, 2.45) is 0 Å². The summed E-state index contributed by atoms with van der Waals surface area (Å²) < 4.78 is 5.52. The highest BCUT2D eigenvalue weighted by Gasteiger charge is 2.08. The maximum Gasteiger partial charge on any atom is 0.319 e. The minimum atomic E-state index is -0.243. The Morgan fingerprint density at radius 3 is 2.70 bits per heavy atom. The molecule has 0 heterocycles. The molecule has 0 fully saturated rings. The highest BCUT2D eigenvalue weighted by Crippen LogP contribution is 2.23. The number of urea groups is 1. The second kappa shape index (κ2) is 8.44. The number of carbonyl (C=O) groups excluding carboxylic acids is 1. The molecule has 4 nitrogen and oxygen atoms in total. The zero-order valence-electron chi connectivity index (χ0n) is 13.3. The number of anilines is 1. The molecule has 2 aromatic rings. The Labute approximate surface area is 141 Å². The Bertz CT molecular complexity index is 659. The van der Waals surface area contributed by atoms with E-state index in [1.54, 1.807) is 12.1 Å². The fraction of sp³-hybridized carbons (Fsp3) is 0.278. The van der Waals surface area contributed by atoms with Crippen molar-refractivity contribution in [3.8, 4) is 5.75 Å². The fourth-order valence-electron chi connectivity index (χ4n) is 2.17. The van der Waals surface area contributed by atoms with Crippen LogP contribution in [0.1, 0.15) is 25.3 Å². The van der Waals surface area contributed by atoms with E-state index in [4.69, 9.17) is 16.3 Å². The van der Waals surface area contributed by atoms with E-state index in [-0.39, 0.29) is 6.03 Å². The topological polar surface area (TPSA) is 50.4 Å². The van der Waals surface area contributed by atoms with Gasteiger partial charge >= 0.3 is 6.03 Å². The first-order chi connectivity index (χ1) is 11.1. The zero-order chi connectivity index (χ0) is 16.7. The number of ether oxygens (including phenoxy) is 1. The van der Waals surface area contributed by atoms with Crippen LogP contribution in [-0.4, -0.2) is 19.2 Å². The van der Waals surface area contributed by atoms with Crippen LogP contribution in [0.4, 0.5) is 10.5 Å². The van der Waals surface area contributed by atoms with Crippen LogP contribution >= 0.6 is 11.6 Å². The van der Waals surface area contributed by atoms with Crippen LogP contribution in [0.5, 0.6) is 5.75 Å². The lowest BCUT2D eigenvalue weighted by atomic mass is 10.0. The van der Waals surface area contributed by atoms with Crippen LogP contribution in [0, 0.1) is 0 Å². The smallest absolute Gasteiger partial charge is 0.319 e. The lowest BCUT2D eigenvalue weighted by molar-refractivity contribution is 0.247. The van der Waals surface area contributed by atoms with E-state index >= 15 is 0 Å². The van der Waals surface area contributed by atoms with E-state index < -0.39 is 0 Å². The summed E-state index contributed by atoms with van der Waals surface area (Å²) in [4.78, 5) is 12.0. The third-order valence-electron chi connectivity index (χ3n) is 3.28. The van der Waals surface area contributed by atoms with Gasteiger partial charge in [0.15, 0.2) is 0 Å². The van der Waals surface area contributed by atoms with Gasteiger partial charge in [0.05, 0.1) is 6.54 Å². The van der Waals surface area contributed by atoms with E-state index in [2.05, 4.69) is 24.5 Å². The minimum absolute atomic E-state index is 0.243. The van der Waals surface area contributed by atoms with E-state index in [1.165, 1.54) is 0 Å². The average molecular weight is 333 g/mol. The normalized spacial score (nSPS) is 10.4. The molecule has 2 rings (SSSR count). The quantitative estimate of drug-likeness (QED) is 0.755. The molecule has 2 aromatic carbocycles. The number of rotatable bonds is 6. The second-order valence-electron chi connectivity index (χ2n) is 5.43. The lowest BCUT2D eigenvalue weighted by Gasteiger charge is -2.14. The Kier molecular flexibility index (Phi) is 6.29. The highest BCUT2D eigenvalue weighted by atomic mass is 35.5. The molecule has 0 aliphatic carbocycles. The van der Waals surface area contributed by atoms with E-state index in [0.29, 0.717) is 29.8 Å². The van der Waals surface area contributed by atoms with Gasteiger partial charge < -0.3 is 15.4 Å². The van der Waals surface area contributed by atoms with Crippen LogP contribution in [-0.2, 0) is 0 Å². The first-order valence-corrected chi connectivity index (χ1v) is 7.96. The summed E-state index contributed by atoms with van der Waals surface area (Å²) in [6, 6.07) is 14.7. The Morgan fingerprint density at radius 2 is 1.96 bits per heavy atom. The summed E-state index contributed by atoms with van der Waals surface area (Å²) in [6.07, 6.45) is 0.